The molecule has 0 heterocycles. The molecule has 1 aromatic carbocycles. The maximum atomic E-state index is 12.3. The van der Waals surface area contributed by atoms with Gasteiger partial charge in [0.1, 0.15) is 0 Å². The first-order valence-electron chi connectivity index (χ1n) is 6.03. The number of likely N-dealkylation sites (N-methyl/N-ethyl adjacent to an activating group) is 1. The van der Waals surface area contributed by atoms with Crippen molar-refractivity contribution in [3.05, 3.63) is 29.8 Å². The van der Waals surface area contributed by atoms with E-state index in [0.717, 1.165) is 18.7 Å². The number of ether oxygens (including phenoxy) is 1. The first kappa shape index (κ1) is 15.8. The number of nitrogens with one attached hydrogen (secondary N) is 1. The number of anilines is 1. The Morgan fingerprint density at radius 1 is 1.11 bits per heavy atom. The Bertz CT molecular complexity index is 363. The highest BCUT2D eigenvalue weighted by molar-refractivity contribution is 5.45. The average molecular weight is 276 g/mol. The maximum absolute atomic E-state index is 12.3. The topological polar surface area (TPSA) is 24.5 Å². The fourth-order valence-electron chi connectivity index (χ4n) is 1.39. The second kappa shape index (κ2) is 7.35. The van der Waals surface area contributed by atoms with Crippen LogP contribution >= 0.6 is 0 Å². The van der Waals surface area contributed by atoms with Crippen LogP contribution in [0.25, 0.3) is 0 Å². The molecule has 0 saturated heterocycles. The van der Waals surface area contributed by atoms with Gasteiger partial charge in [0.25, 0.3) is 0 Å². The Kier molecular flexibility index (Phi) is 6.11. The Morgan fingerprint density at radius 3 is 2.26 bits per heavy atom. The number of hydrogen-bond donors (Lipinski definition) is 1. The van der Waals surface area contributed by atoms with Gasteiger partial charge in [0.2, 0.25) is 0 Å². The minimum Gasteiger partial charge on any atom is -0.383 e. The van der Waals surface area contributed by atoms with E-state index in [-0.39, 0.29) is 0 Å². The molecular weight excluding hydrogens is 257 g/mol. The smallest absolute Gasteiger partial charge is 0.383 e. The van der Waals surface area contributed by atoms with Crippen molar-refractivity contribution in [1.82, 2.24) is 4.90 Å². The summed E-state index contributed by atoms with van der Waals surface area (Å²) in [5.74, 6) is 0. The molecule has 0 atom stereocenters. The zero-order valence-corrected chi connectivity index (χ0v) is 11.1. The van der Waals surface area contributed by atoms with Crippen molar-refractivity contribution in [2.75, 3.05) is 45.7 Å². The van der Waals surface area contributed by atoms with E-state index in [2.05, 4.69) is 5.32 Å². The number of alkyl halides is 3. The summed E-state index contributed by atoms with van der Waals surface area (Å²) in [6.07, 6.45) is -4.28. The molecule has 108 valence electrons. The molecule has 0 spiro atoms. The SMILES string of the molecule is CN(C)CCOCCNc1ccc(C(F)(F)F)cc1. The number of benzene rings is 1. The van der Waals surface area contributed by atoms with Gasteiger partial charge in [0.05, 0.1) is 18.8 Å². The maximum Gasteiger partial charge on any atom is 0.416 e. The number of rotatable bonds is 7. The summed E-state index contributed by atoms with van der Waals surface area (Å²) in [5.41, 5.74) is 0.0180. The molecule has 19 heavy (non-hydrogen) atoms. The zero-order chi connectivity index (χ0) is 14.3. The fourth-order valence-corrected chi connectivity index (χ4v) is 1.39. The molecule has 6 heteroatoms. The van der Waals surface area contributed by atoms with Gasteiger partial charge in [-0.1, -0.05) is 0 Å². The van der Waals surface area contributed by atoms with Crippen LogP contribution in [0.1, 0.15) is 5.56 Å². The van der Waals surface area contributed by atoms with Crippen LogP contribution in [0, 0.1) is 0 Å². The molecule has 3 nitrogen and oxygen atoms in total. The predicted octanol–water partition coefficient (Wildman–Crippen LogP) is 2.70. The van der Waals surface area contributed by atoms with E-state index in [1.54, 1.807) is 0 Å². The molecule has 0 saturated carbocycles. The standard InChI is InChI=1S/C13H19F3N2O/c1-18(2)8-10-19-9-7-17-12-5-3-11(4-6-12)13(14,15)16/h3-6,17H,7-10H2,1-2H3. The lowest BCUT2D eigenvalue weighted by Gasteiger charge is -2.11. The van der Waals surface area contributed by atoms with Gasteiger partial charge in [0.15, 0.2) is 0 Å². The van der Waals surface area contributed by atoms with Gasteiger partial charge in [0, 0.05) is 18.8 Å². The van der Waals surface area contributed by atoms with E-state index in [4.69, 9.17) is 4.74 Å². The van der Waals surface area contributed by atoms with Crippen LogP contribution in [-0.4, -0.2) is 45.3 Å². The average Bonchev–Trinajstić information content (AvgIpc) is 2.32. The molecule has 1 N–H and O–H groups in total. The summed E-state index contributed by atoms with van der Waals surface area (Å²) in [5, 5.41) is 3.01. The Balaban J connectivity index is 2.23. The summed E-state index contributed by atoms with van der Waals surface area (Å²) in [6.45, 7) is 2.58. The summed E-state index contributed by atoms with van der Waals surface area (Å²) in [6, 6.07) is 4.97. The van der Waals surface area contributed by atoms with Gasteiger partial charge in [-0.15, -0.1) is 0 Å². The van der Waals surface area contributed by atoms with E-state index >= 15 is 0 Å². The van der Waals surface area contributed by atoms with Crippen molar-refractivity contribution in [2.24, 2.45) is 0 Å². The largest absolute Gasteiger partial charge is 0.416 e. The van der Waals surface area contributed by atoms with E-state index in [0.29, 0.717) is 25.4 Å². The molecule has 0 radical (unpaired) electrons. The van der Waals surface area contributed by atoms with Gasteiger partial charge in [-0.25, -0.2) is 0 Å². The lowest BCUT2D eigenvalue weighted by Crippen LogP contribution is -2.20. The molecule has 1 rings (SSSR count). The lowest BCUT2D eigenvalue weighted by atomic mass is 10.2. The quantitative estimate of drug-likeness (QED) is 0.775. The molecule has 0 aliphatic carbocycles. The first-order valence-corrected chi connectivity index (χ1v) is 6.03. The van der Waals surface area contributed by atoms with Crippen molar-refractivity contribution >= 4 is 5.69 Å². The van der Waals surface area contributed by atoms with Crippen LogP contribution in [0.3, 0.4) is 0 Å². The van der Waals surface area contributed by atoms with E-state index in [9.17, 15) is 13.2 Å². The van der Waals surface area contributed by atoms with Crippen LogP contribution < -0.4 is 5.32 Å². The number of halogens is 3. The second-order valence-electron chi connectivity index (χ2n) is 4.42. The Morgan fingerprint density at radius 2 is 1.74 bits per heavy atom. The third-order valence-corrected chi connectivity index (χ3v) is 2.47. The molecule has 0 unspecified atom stereocenters. The molecule has 0 aliphatic rings. The normalized spacial score (nSPS) is 11.9. The first-order chi connectivity index (χ1) is 8.89. The van der Waals surface area contributed by atoms with Crippen molar-refractivity contribution in [2.45, 2.75) is 6.18 Å². The minimum atomic E-state index is -4.28. The number of hydrogen-bond acceptors (Lipinski definition) is 3. The van der Waals surface area contributed by atoms with Gasteiger partial charge < -0.3 is 15.0 Å². The van der Waals surface area contributed by atoms with Gasteiger partial charge in [-0.3, -0.25) is 0 Å². The Hall–Kier alpha value is -1.27. The van der Waals surface area contributed by atoms with Gasteiger partial charge in [-0.2, -0.15) is 13.2 Å². The zero-order valence-electron chi connectivity index (χ0n) is 11.1. The molecular formula is C13H19F3N2O. The number of nitrogens with zero attached hydrogens (tertiary/aromatic N) is 1. The highest BCUT2D eigenvalue weighted by Gasteiger charge is 2.29. The third-order valence-electron chi connectivity index (χ3n) is 2.47. The van der Waals surface area contributed by atoms with Gasteiger partial charge >= 0.3 is 6.18 Å². The van der Waals surface area contributed by atoms with Crippen molar-refractivity contribution in [3.8, 4) is 0 Å². The summed E-state index contributed by atoms with van der Waals surface area (Å²) < 4.78 is 42.4. The summed E-state index contributed by atoms with van der Waals surface area (Å²) >= 11 is 0. The Labute approximate surface area is 111 Å². The molecule has 0 bridgehead atoms. The molecule has 0 amide bonds. The summed E-state index contributed by atoms with van der Waals surface area (Å²) in [4.78, 5) is 2.02. The van der Waals surface area contributed by atoms with Crippen LogP contribution in [0.4, 0.5) is 18.9 Å². The minimum absolute atomic E-state index is 0.523. The third kappa shape index (κ3) is 6.45. The van der Waals surface area contributed by atoms with Gasteiger partial charge in [-0.05, 0) is 38.4 Å². The van der Waals surface area contributed by atoms with Crippen molar-refractivity contribution < 1.29 is 17.9 Å². The van der Waals surface area contributed by atoms with Crippen LogP contribution in [-0.2, 0) is 10.9 Å². The highest BCUT2D eigenvalue weighted by Crippen LogP contribution is 2.29. The second-order valence-corrected chi connectivity index (χ2v) is 4.42. The molecule has 0 fully saturated rings. The van der Waals surface area contributed by atoms with Crippen LogP contribution in [0.5, 0.6) is 0 Å². The van der Waals surface area contributed by atoms with Crippen molar-refractivity contribution in [1.29, 1.82) is 0 Å². The van der Waals surface area contributed by atoms with Crippen LogP contribution in [0.2, 0.25) is 0 Å². The molecule has 1 aromatic rings. The lowest BCUT2D eigenvalue weighted by molar-refractivity contribution is -0.137. The summed E-state index contributed by atoms with van der Waals surface area (Å²) in [7, 11) is 3.92. The van der Waals surface area contributed by atoms with E-state index < -0.39 is 11.7 Å². The monoisotopic (exact) mass is 276 g/mol. The van der Waals surface area contributed by atoms with E-state index in [1.807, 2.05) is 19.0 Å². The predicted molar refractivity (Wildman–Crippen MR) is 69.3 cm³/mol. The molecule has 0 aliphatic heterocycles. The highest BCUT2D eigenvalue weighted by atomic mass is 19.4. The van der Waals surface area contributed by atoms with Crippen LogP contribution in [0.15, 0.2) is 24.3 Å². The van der Waals surface area contributed by atoms with Crippen molar-refractivity contribution in [3.63, 3.8) is 0 Å². The molecule has 0 aromatic heterocycles. The van der Waals surface area contributed by atoms with E-state index in [1.165, 1.54) is 12.1 Å². The fraction of sp³-hybridized carbons (Fsp3) is 0.538.